The van der Waals surface area contributed by atoms with Crippen LogP contribution in [0.3, 0.4) is 0 Å². The molecule has 7 nitrogen and oxygen atoms in total. The van der Waals surface area contributed by atoms with Crippen LogP contribution in [0.4, 0.5) is 11.4 Å². The van der Waals surface area contributed by atoms with E-state index in [1.54, 1.807) is 24.3 Å². The number of ether oxygens (including phenoxy) is 1. The van der Waals surface area contributed by atoms with Crippen LogP contribution >= 0.6 is 23.2 Å². The second-order valence-electron chi connectivity index (χ2n) is 5.04. The molecule has 0 bridgehead atoms. The number of hydrogen-bond donors (Lipinski definition) is 0. The molecule has 0 aromatic heterocycles. The van der Waals surface area contributed by atoms with Gasteiger partial charge in [-0.3, -0.25) is 0 Å². The number of nitrogens with zero attached hydrogens (tertiary/aromatic N) is 6. The Morgan fingerprint density at radius 2 is 1.24 bits per heavy atom. The highest BCUT2D eigenvalue weighted by molar-refractivity contribution is 6.31. The standard InChI is InChI=1S/C16H14Cl2N6O/c17-15-9-13(21-23-19)3-1-11(15)5-7-25-8-6-12-2-4-14(22-24-20)10-16(12)18/h1-4,9-10H,5-8H2. The summed E-state index contributed by atoms with van der Waals surface area (Å²) in [5, 5.41) is 8.10. The molecular formula is C16H14Cl2N6O. The molecule has 0 atom stereocenters. The van der Waals surface area contributed by atoms with Crippen molar-refractivity contribution in [2.24, 2.45) is 10.2 Å². The van der Waals surface area contributed by atoms with Gasteiger partial charge in [0.25, 0.3) is 0 Å². The molecule has 9 heteroatoms. The van der Waals surface area contributed by atoms with Crippen molar-refractivity contribution in [3.05, 3.63) is 78.5 Å². The molecule has 2 rings (SSSR count). The number of benzene rings is 2. The first-order valence-electron chi connectivity index (χ1n) is 7.39. The first kappa shape index (κ1) is 18.9. The minimum Gasteiger partial charge on any atom is -0.381 e. The van der Waals surface area contributed by atoms with E-state index in [1.165, 1.54) is 0 Å². The van der Waals surface area contributed by atoms with Crippen molar-refractivity contribution < 1.29 is 4.74 Å². The van der Waals surface area contributed by atoms with Crippen LogP contribution in [0.5, 0.6) is 0 Å². The summed E-state index contributed by atoms with van der Waals surface area (Å²) in [6, 6.07) is 10.3. The van der Waals surface area contributed by atoms with Crippen molar-refractivity contribution in [2.45, 2.75) is 12.8 Å². The summed E-state index contributed by atoms with van der Waals surface area (Å²) < 4.78 is 5.63. The van der Waals surface area contributed by atoms with Gasteiger partial charge >= 0.3 is 0 Å². The molecule has 0 spiro atoms. The topological polar surface area (TPSA) is 107 Å². The van der Waals surface area contributed by atoms with Gasteiger partial charge in [-0.05, 0) is 47.2 Å². The summed E-state index contributed by atoms with van der Waals surface area (Å²) in [5.41, 5.74) is 19.6. The van der Waals surface area contributed by atoms with Crippen molar-refractivity contribution in [2.75, 3.05) is 13.2 Å². The van der Waals surface area contributed by atoms with Crippen LogP contribution in [0, 0.1) is 0 Å². The Balaban J connectivity index is 1.80. The van der Waals surface area contributed by atoms with Crippen LogP contribution in [0.1, 0.15) is 11.1 Å². The molecule has 0 amide bonds. The quantitative estimate of drug-likeness (QED) is 0.217. The molecule has 25 heavy (non-hydrogen) atoms. The fourth-order valence-corrected chi connectivity index (χ4v) is 2.71. The van der Waals surface area contributed by atoms with E-state index in [4.69, 9.17) is 39.0 Å². The molecule has 0 heterocycles. The minimum absolute atomic E-state index is 0.482. The van der Waals surface area contributed by atoms with E-state index in [-0.39, 0.29) is 0 Å². The van der Waals surface area contributed by atoms with Crippen LogP contribution in [-0.2, 0) is 17.6 Å². The molecule has 0 aliphatic rings. The lowest BCUT2D eigenvalue weighted by atomic mass is 10.1. The third kappa shape index (κ3) is 5.87. The zero-order valence-electron chi connectivity index (χ0n) is 13.1. The van der Waals surface area contributed by atoms with Gasteiger partial charge in [0, 0.05) is 31.2 Å². The summed E-state index contributed by atoms with van der Waals surface area (Å²) in [6.07, 6.45) is 1.30. The summed E-state index contributed by atoms with van der Waals surface area (Å²) in [4.78, 5) is 5.44. The molecule has 0 fully saturated rings. The zero-order chi connectivity index (χ0) is 18.1. The van der Waals surface area contributed by atoms with Crippen molar-refractivity contribution in [3.8, 4) is 0 Å². The lowest BCUT2D eigenvalue weighted by Crippen LogP contribution is -2.03. The highest BCUT2D eigenvalue weighted by Crippen LogP contribution is 2.24. The average molecular weight is 377 g/mol. The first-order valence-corrected chi connectivity index (χ1v) is 8.14. The van der Waals surface area contributed by atoms with E-state index in [1.807, 2.05) is 12.1 Å². The molecule has 0 aliphatic carbocycles. The maximum Gasteiger partial charge on any atom is 0.0507 e. The SMILES string of the molecule is [N-]=[N+]=Nc1ccc(CCOCCc2ccc(N=[N+]=[N-])cc2Cl)c(Cl)c1. The molecule has 2 aromatic carbocycles. The lowest BCUT2D eigenvalue weighted by molar-refractivity contribution is 0.140. The van der Waals surface area contributed by atoms with Crippen LogP contribution in [-0.4, -0.2) is 13.2 Å². The van der Waals surface area contributed by atoms with E-state index >= 15 is 0 Å². The lowest BCUT2D eigenvalue weighted by Gasteiger charge is -2.08. The normalized spacial score (nSPS) is 10.0. The maximum atomic E-state index is 8.40. The van der Waals surface area contributed by atoms with Gasteiger partial charge in [0.05, 0.1) is 13.2 Å². The number of azide groups is 2. The maximum absolute atomic E-state index is 8.40. The van der Waals surface area contributed by atoms with Crippen LogP contribution in [0.15, 0.2) is 46.6 Å². The van der Waals surface area contributed by atoms with Gasteiger partial charge in [0.15, 0.2) is 0 Å². The molecule has 0 saturated carbocycles. The first-order chi connectivity index (χ1) is 12.1. The third-order valence-electron chi connectivity index (χ3n) is 3.43. The highest BCUT2D eigenvalue weighted by atomic mass is 35.5. The van der Waals surface area contributed by atoms with Crippen molar-refractivity contribution in [3.63, 3.8) is 0 Å². The Morgan fingerprint density at radius 3 is 1.60 bits per heavy atom. The summed E-state index contributed by atoms with van der Waals surface area (Å²) in [5.74, 6) is 0. The van der Waals surface area contributed by atoms with Gasteiger partial charge in [-0.2, -0.15) is 0 Å². The van der Waals surface area contributed by atoms with Crippen LogP contribution in [0.25, 0.3) is 20.9 Å². The third-order valence-corrected chi connectivity index (χ3v) is 4.13. The summed E-state index contributed by atoms with van der Waals surface area (Å²) in [7, 11) is 0. The smallest absolute Gasteiger partial charge is 0.0507 e. The minimum atomic E-state index is 0.482. The second kappa shape index (κ2) is 9.79. The molecule has 2 aromatic rings. The average Bonchev–Trinajstić information content (AvgIpc) is 2.58. The Hall–Kier alpha value is -2.40. The van der Waals surface area contributed by atoms with Crippen LogP contribution in [0.2, 0.25) is 10.0 Å². The predicted molar refractivity (Wildman–Crippen MR) is 98.7 cm³/mol. The molecule has 0 radical (unpaired) electrons. The Kier molecular flexibility index (Phi) is 7.41. The van der Waals surface area contributed by atoms with E-state index in [9.17, 15) is 0 Å². The number of rotatable bonds is 8. The van der Waals surface area contributed by atoms with E-state index in [0.29, 0.717) is 47.5 Å². The van der Waals surface area contributed by atoms with Crippen molar-refractivity contribution in [1.29, 1.82) is 0 Å². The summed E-state index contributed by atoms with van der Waals surface area (Å²) >= 11 is 12.3. The fourth-order valence-electron chi connectivity index (χ4n) is 2.17. The highest BCUT2D eigenvalue weighted by Gasteiger charge is 2.04. The number of hydrogen-bond acceptors (Lipinski definition) is 3. The van der Waals surface area contributed by atoms with Gasteiger partial charge in [-0.25, -0.2) is 0 Å². The van der Waals surface area contributed by atoms with Crippen molar-refractivity contribution in [1.82, 2.24) is 0 Å². The Bertz CT molecular complexity index is 775. The zero-order valence-corrected chi connectivity index (χ0v) is 14.7. The monoisotopic (exact) mass is 376 g/mol. The second-order valence-corrected chi connectivity index (χ2v) is 5.86. The molecule has 0 N–H and O–H groups in total. The van der Waals surface area contributed by atoms with Gasteiger partial charge in [0.1, 0.15) is 0 Å². The molecule has 0 aliphatic heterocycles. The van der Waals surface area contributed by atoms with Gasteiger partial charge < -0.3 is 4.74 Å². The van der Waals surface area contributed by atoms with E-state index in [2.05, 4.69) is 20.1 Å². The molecule has 0 unspecified atom stereocenters. The van der Waals surface area contributed by atoms with Crippen molar-refractivity contribution >= 4 is 34.6 Å². The van der Waals surface area contributed by atoms with E-state index in [0.717, 1.165) is 11.1 Å². The predicted octanol–water partition coefficient (Wildman–Crippen LogP) is 6.68. The van der Waals surface area contributed by atoms with Crippen LogP contribution < -0.4 is 0 Å². The van der Waals surface area contributed by atoms with E-state index < -0.39 is 0 Å². The largest absolute Gasteiger partial charge is 0.381 e. The Morgan fingerprint density at radius 1 is 0.800 bits per heavy atom. The summed E-state index contributed by atoms with van der Waals surface area (Å²) in [6.45, 7) is 1.02. The Labute approximate surface area is 154 Å². The fraction of sp³-hybridized carbons (Fsp3) is 0.250. The molecule has 128 valence electrons. The number of halogens is 2. The molecule has 0 saturated heterocycles. The van der Waals surface area contributed by atoms with Gasteiger partial charge in [-0.15, -0.1) is 0 Å². The molecular weight excluding hydrogens is 363 g/mol. The van der Waals surface area contributed by atoms with Gasteiger partial charge in [-0.1, -0.05) is 57.7 Å². The van der Waals surface area contributed by atoms with Gasteiger partial charge in [0.2, 0.25) is 0 Å².